The first-order valence-electron chi connectivity index (χ1n) is 6.61. The van der Waals surface area contributed by atoms with E-state index in [1.807, 2.05) is 0 Å². The molecule has 1 aliphatic carbocycles. The van der Waals surface area contributed by atoms with E-state index in [9.17, 15) is 0 Å². The van der Waals surface area contributed by atoms with Crippen LogP contribution in [0.15, 0.2) is 18.0 Å². The molecular formula is C14H23N2NaS. The van der Waals surface area contributed by atoms with Crippen LogP contribution in [0.25, 0.3) is 0 Å². The third-order valence-electron chi connectivity index (χ3n) is 3.80. The molecule has 0 spiro atoms. The monoisotopic (exact) mass is 274 g/mol. The van der Waals surface area contributed by atoms with E-state index in [2.05, 4.69) is 23.0 Å². The summed E-state index contributed by atoms with van der Waals surface area (Å²) < 4.78 is 0. The second kappa shape index (κ2) is 8.36. The van der Waals surface area contributed by atoms with E-state index < -0.39 is 0 Å². The van der Waals surface area contributed by atoms with E-state index in [4.69, 9.17) is 5.73 Å². The second-order valence-electron chi connectivity index (χ2n) is 5.06. The molecule has 1 aliphatic rings. The standard InChI is InChI=1S/C14H22N2S.Na.H/c1-2-5-11-6-3-4-7-12(9-8-11)13-10-17-14(15)16-13;;/h2,10-12H,1,3-9H2,(H2,15,16);;/q;+1;-1/t11?,12-;;/m0../s1. The van der Waals surface area contributed by atoms with Crippen LogP contribution in [-0.2, 0) is 0 Å². The SMILES string of the molecule is C=CCC1CCCC[C@H](c2csc(N)n2)CC1.[H-].[Na+]. The molecule has 18 heavy (non-hydrogen) atoms. The van der Waals surface area contributed by atoms with Gasteiger partial charge in [-0.1, -0.05) is 25.3 Å². The first-order valence-corrected chi connectivity index (χ1v) is 7.49. The number of nitrogen functional groups attached to an aromatic ring is 1. The fourth-order valence-electron chi connectivity index (χ4n) is 2.80. The topological polar surface area (TPSA) is 38.9 Å². The van der Waals surface area contributed by atoms with Crippen molar-refractivity contribution in [3.05, 3.63) is 23.7 Å². The van der Waals surface area contributed by atoms with Crippen LogP contribution < -0.4 is 35.3 Å². The van der Waals surface area contributed by atoms with E-state index in [0.717, 1.165) is 5.92 Å². The van der Waals surface area contributed by atoms with Crippen molar-refractivity contribution in [3.8, 4) is 0 Å². The summed E-state index contributed by atoms with van der Waals surface area (Å²) in [6.07, 6.45) is 11.2. The van der Waals surface area contributed by atoms with E-state index in [-0.39, 0.29) is 31.0 Å². The van der Waals surface area contributed by atoms with Gasteiger partial charge in [0.2, 0.25) is 0 Å². The molecule has 96 valence electrons. The molecule has 4 heteroatoms. The zero-order valence-corrected chi connectivity index (χ0v) is 14.2. The van der Waals surface area contributed by atoms with Crippen molar-refractivity contribution in [1.82, 2.24) is 4.98 Å². The molecule has 2 N–H and O–H groups in total. The Morgan fingerprint density at radius 1 is 1.39 bits per heavy atom. The van der Waals surface area contributed by atoms with E-state index >= 15 is 0 Å². The molecule has 1 fully saturated rings. The van der Waals surface area contributed by atoms with Gasteiger partial charge in [-0.05, 0) is 31.6 Å². The number of nitrogens with two attached hydrogens (primary N) is 1. The van der Waals surface area contributed by atoms with Crippen LogP contribution in [0.5, 0.6) is 0 Å². The van der Waals surface area contributed by atoms with Gasteiger partial charge in [0.1, 0.15) is 0 Å². The quantitative estimate of drug-likeness (QED) is 0.670. The maximum atomic E-state index is 5.72. The number of nitrogens with zero attached hydrogens (tertiary/aromatic N) is 1. The number of rotatable bonds is 3. The van der Waals surface area contributed by atoms with E-state index in [0.29, 0.717) is 11.0 Å². The predicted molar refractivity (Wildman–Crippen MR) is 76.4 cm³/mol. The summed E-state index contributed by atoms with van der Waals surface area (Å²) in [6.45, 7) is 3.86. The van der Waals surface area contributed by atoms with Crippen molar-refractivity contribution < 1.29 is 31.0 Å². The minimum Gasteiger partial charge on any atom is -1.00 e. The Morgan fingerprint density at radius 3 is 2.83 bits per heavy atom. The molecule has 1 heterocycles. The zero-order valence-electron chi connectivity index (χ0n) is 12.4. The smallest absolute Gasteiger partial charge is 1.00 e. The predicted octanol–water partition coefficient (Wildman–Crippen LogP) is 1.47. The number of hydrogen-bond donors (Lipinski definition) is 1. The number of allylic oxidation sites excluding steroid dienone is 1. The minimum atomic E-state index is 0. The van der Waals surface area contributed by atoms with Crippen LogP contribution in [-0.4, -0.2) is 4.98 Å². The van der Waals surface area contributed by atoms with Crippen LogP contribution in [0.1, 0.15) is 58.0 Å². The zero-order chi connectivity index (χ0) is 12.1. The number of aromatic nitrogens is 1. The minimum absolute atomic E-state index is 0. The van der Waals surface area contributed by atoms with Crippen LogP contribution in [0.3, 0.4) is 0 Å². The normalized spacial score (nSPS) is 24.7. The molecule has 0 bridgehead atoms. The van der Waals surface area contributed by atoms with Gasteiger partial charge in [0.25, 0.3) is 0 Å². The molecule has 1 saturated carbocycles. The van der Waals surface area contributed by atoms with Crippen molar-refractivity contribution >= 4 is 16.5 Å². The first-order chi connectivity index (χ1) is 8.29. The largest absolute Gasteiger partial charge is 1.00 e. The molecule has 0 aromatic carbocycles. The van der Waals surface area contributed by atoms with Crippen LogP contribution in [0.2, 0.25) is 0 Å². The number of hydrogen-bond acceptors (Lipinski definition) is 3. The van der Waals surface area contributed by atoms with Gasteiger partial charge in [-0.15, -0.1) is 17.9 Å². The summed E-state index contributed by atoms with van der Waals surface area (Å²) in [7, 11) is 0. The van der Waals surface area contributed by atoms with E-state index in [1.165, 1.54) is 50.6 Å². The van der Waals surface area contributed by atoms with E-state index in [1.54, 1.807) is 11.3 Å². The summed E-state index contributed by atoms with van der Waals surface area (Å²) >= 11 is 1.57. The van der Waals surface area contributed by atoms with Crippen molar-refractivity contribution in [1.29, 1.82) is 0 Å². The van der Waals surface area contributed by atoms with Crippen molar-refractivity contribution in [2.24, 2.45) is 5.92 Å². The molecule has 0 saturated heterocycles. The summed E-state index contributed by atoms with van der Waals surface area (Å²) in [5.41, 5.74) is 6.95. The van der Waals surface area contributed by atoms with Gasteiger partial charge in [-0.2, -0.15) is 0 Å². The summed E-state index contributed by atoms with van der Waals surface area (Å²) in [5.74, 6) is 1.47. The van der Waals surface area contributed by atoms with Gasteiger partial charge in [0.15, 0.2) is 5.13 Å². The molecule has 0 amide bonds. The Bertz CT molecular complexity index is 370. The van der Waals surface area contributed by atoms with Gasteiger partial charge >= 0.3 is 29.6 Å². The Labute approximate surface area is 138 Å². The van der Waals surface area contributed by atoms with Gasteiger partial charge in [0, 0.05) is 11.3 Å². The molecule has 2 atom stereocenters. The average Bonchev–Trinajstić information content (AvgIpc) is 2.69. The van der Waals surface area contributed by atoms with Crippen LogP contribution in [0, 0.1) is 5.92 Å². The van der Waals surface area contributed by atoms with Gasteiger partial charge in [-0.25, -0.2) is 4.98 Å². The van der Waals surface area contributed by atoms with Crippen molar-refractivity contribution in [3.63, 3.8) is 0 Å². The number of anilines is 1. The number of thiazole rings is 1. The van der Waals surface area contributed by atoms with Crippen LogP contribution in [0.4, 0.5) is 5.13 Å². The Kier molecular flexibility index (Phi) is 7.54. The second-order valence-corrected chi connectivity index (χ2v) is 5.95. The fourth-order valence-corrected chi connectivity index (χ4v) is 3.45. The molecule has 1 aromatic rings. The average molecular weight is 274 g/mol. The Balaban J connectivity index is 0.00000162. The summed E-state index contributed by atoms with van der Waals surface area (Å²) in [6, 6.07) is 0. The summed E-state index contributed by atoms with van der Waals surface area (Å²) in [4.78, 5) is 4.45. The molecule has 0 radical (unpaired) electrons. The first kappa shape index (κ1) is 16.2. The third-order valence-corrected chi connectivity index (χ3v) is 4.49. The van der Waals surface area contributed by atoms with Gasteiger partial charge < -0.3 is 7.16 Å². The maximum Gasteiger partial charge on any atom is 1.00 e. The van der Waals surface area contributed by atoms with Crippen molar-refractivity contribution in [2.75, 3.05) is 5.73 Å². The molecular weight excluding hydrogens is 251 g/mol. The Hall–Kier alpha value is 0.170. The third kappa shape index (κ3) is 4.69. The molecule has 0 aliphatic heterocycles. The van der Waals surface area contributed by atoms with Gasteiger partial charge in [-0.3, -0.25) is 0 Å². The van der Waals surface area contributed by atoms with Gasteiger partial charge in [0.05, 0.1) is 5.69 Å². The maximum absolute atomic E-state index is 5.72. The molecule has 1 unspecified atom stereocenters. The molecule has 2 nitrogen and oxygen atoms in total. The molecule has 2 rings (SSSR count). The fraction of sp³-hybridized carbons (Fsp3) is 0.643. The van der Waals surface area contributed by atoms with Crippen molar-refractivity contribution in [2.45, 2.75) is 50.9 Å². The summed E-state index contributed by atoms with van der Waals surface area (Å²) in [5, 5.41) is 2.86. The molecule has 1 aromatic heterocycles. The van der Waals surface area contributed by atoms with Crippen LogP contribution >= 0.6 is 11.3 Å². The Morgan fingerprint density at radius 2 is 2.17 bits per heavy atom.